The molecule has 0 aliphatic carbocycles. The summed E-state index contributed by atoms with van der Waals surface area (Å²) in [5.41, 5.74) is 6.49. The van der Waals surface area contributed by atoms with Crippen LogP contribution in [0.4, 0.5) is 0 Å². The van der Waals surface area contributed by atoms with E-state index in [4.69, 9.17) is 15.2 Å². The second kappa shape index (κ2) is 17.8. The molecule has 8 nitrogen and oxygen atoms in total. The first-order chi connectivity index (χ1) is 19.6. The van der Waals surface area contributed by atoms with Crippen LogP contribution in [0.5, 0.6) is 0 Å². The Morgan fingerprint density at radius 2 is 1.76 bits per heavy atom. The van der Waals surface area contributed by atoms with Crippen molar-refractivity contribution >= 4 is 11.8 Å². The molecule has 0 radical (unpaired) electrons. The summed E-state index contributed by atoms with van der Waals surface area (Å²) in [6, 6.07) is 9.44. The van der Waals surface area contributed by atoms with Crippen molar-refractivity contribution in [3.05, 3.63) is 35.9 Å². The number of aliphatic hydroxyl groups excluding tert-OH is 1. The molecule has 1 aliphatic rings. The van der Waals surface area contributed by atoms with Crippen LogP contribution in [0.3, 0.4) is 0 Å². The van der Waals surface area contributed by atoms with E-state index in [-0.39, 0.29) is 54.2 Å². The van der Waals surface area contributed by atoms with Crippen LogP contribution >= 0.6 is 0 Å². The van der Waals surface area contributed by atoms with Gasteiger partial charge in [-0.05, 0) is 55.5 Å². The number of aliphatic hydroxyl groups is 1. The van der Waals surface area contributed by atoms with Crippen molar-refractivity contribution in [2.75, 3.05) is 34.4 Å². The molecule has 1 aromatic rings. The molecule has 2 rings (SSSR count). The van der Waals surface area contributed by atoms with E-state index in [9.17, 15) is 14.7 Å². The molecule has 1 heterocycles. The van der Waals surface area contributed by atoms with Crippen LogP contribution in [0.2, 0.25) is 0 Å². The predicted octanol–water partition coefficient (Wildman–Crippen LogP) is 4.80. The van der Waals surface area contributed by atoms with Gasteiger partial charge in [0.2, 0.25) is 11.8 Å². The number of ether oxygens (including phenoxy) is 2. The maximum absolute atomic E-state index is 13.9. The molecule has 8 atom stereocenters. The molecule has 0 saturated carbocycles. The lowest BCUT2D eigenvalue weighted by atomic mass is 9.80. The monoisotopic (exact) mass is 575 g/mol. The molecule has 2 amide bonds. The first-order valence-electron chi connectivity index (χ1n) is 15.7. The molecule has 8 unspecified atom stereocenters. The number of unbranched alkanes of at least 4 members (excludes halogenated alkanes) is 2. The third kappa shape index (κ3) is 9.50. The number of hydrogen-bond donors (Lipinski definition) is 2. The standard InChI is InChI=1S/C33H57N3O5/c1-8-23(2)31(35(5)29(37)19-13-10-14-20-34)28(40-6)22-30(38)36-21-15-18-27(36)33(41-7)25(4)24(3)32(39)26-16-11-9-12-17-26/h9,11-12,16-17,23-25,27-28,31-33,39H,8,10,13-15,18-22,34H2,1-7H3. The van der Waals surface area contributed by atoms with Crippen molar-refractivity contribution < 1.29 is 24.2 Å². The van der Waals surface area contributed by atoms with Crippen LogP contribution in [0, 0.1) is 17.8 Å². The predicted molar refractivity (Wildman–Crippen MR) is 164 cm³/mol. The molecule has 0 spiro atoms. The molecule has 8 heteroatoms. The Morgan fingerprint density at radius 1 is 1.07 bits per heavy atom. The molecular formula is C33H57N3O5. The van der Waals surface area contributed by atoms with E-state index in [1.54, 1.807) is 14.2 Å². The molecule has 234 valence electrons. The van der Waals surface area contributed by atoms with Gasteiger partial charge in [0.25, 0.3) is 0 Å². The van der Waals surface area contributed by atoms with Crippen molar-refractivity contribution in [2.45, 2.75) is 109 Å². The van der Waals surface area contributed by atoms with Crippen LogP contribution < -0.4 is 5.73 Å². The lowest BCUT2D eigenvalue weighted by Crippen LogP contribution is -2.52. The SMILES string of the molecule is CCC(C)C(C(CC(=O)N1CCCC1C(OC)C(C)C(C)C(O)c1ccccc1)OC)N(C)C(=O)CCCCCN. The maximum atomic E-state index is 13.9. The van der Waals surface area contributed by atoms with Gasteiger partial charge in [-0.1, -0.05) is 70.9 Å². The summed E-state index contributed by atoms with van der Waals surface area (Å²) in [5, 5.41) is 11.1. The van der Waals surface area contributed by atoms with Crippen molar-refractivity contribution in [2.24, 2.45) is 23.5 Å². The smallest absolute Gasteiger partial charge is 0.225 e. The minimum atomic E-state index is -0.619. The zero-order chi connectivity index (χ0) is 30.5. The quantitative estimate of drug-likeness (QED) is 0.244. The van der Waals surface area contributed by atoms with Gasteiger partial charge in [0.05, 0.1) is 36.8 Å². The van der Waals surface area contributed by atoms with Crippen molar-refractivity contribution in [3.63, 3.8) is 0 Å². The van der Waals surface area contributed by atoms with Crippen molar-refractivity contribution in [1.82, 2.24) is 9.80 Å². The Hall–Kier alpha value is -2.00. The molecule has 1 aliphatic heterocycles. The second-order valence-electron chi connectivity index (χ2n) is 12.0. The fourth-order valence-corrected chi connectivity index (χ4v) is 6.52. The molecule has 1 aromatic carbocycles. The number of amides is 2. The highest BCUT2D eigenvalue weighted by atomic mass is 16.5. The largest absolute Gasteiger partial charge is 0.388 e. The normalized spacial score (nSPS) is 20.6. The molecule has 0 bridgehead atoms. The van der Waals surface area contributed by atoms with Crippen LogP contribution in [-0.2, 0) is 19.1 Å². The topological polar surface area (TPSA) is 105 Å². The summed E-state index contributed by atoms with van der Waals surface area (Å²) in [6.45, 7) is 9.71. The third-order valence-corrected chi connectivity index (χ3v) is 9.48. The van der Waals surface area contributed by atoms with E-state index in [1.807, 2.05) is 47.2 Å². The highest BCUT2D eigenvalue weighted by Crippen LogP contribution is 2.35. The summed E-state index contributed by atoms with van der Waals surface area (Å²) in [4.78, 5) is 30.8. The number of carbonyl (C=O) groups excluding carboxylic acids is 2. The van der Waals surface area contributed by atoms with Crippen LogP contribution in [-0.4, -0.2) is 85.4 Å². The van der Waals surface area contributed by atoms with Gasteiger partial charge in [0, 0.05) is 34.2 Å². The van der Waals surface area contributed by atoms with Gasteiger partial charge in [0.15, 0.2) is 0 Å². The number of carbonyl (C=O) groups is 2. The lowest BCUT2D eigenvalue weighted by molar-refractivity contribution is -0.145. The minimum absolute atomic E-state index is 0.0164. The van der Waals surface area contributed by atoms with Gasteiger partial charge in [-0.3, -0.25) is 9.59 Å². The number of likely N-dealkylation sites (tertiary alicyclic amines) is 1. The average Bonchev–Trinajstić information content (AvgIpc) is 3.48. The van der Waals surface area contributed by atoms with Gasteiger partial charge >= 0.3 is 0 Å². The fourth-order valence-electron chi connectivity index (χ4n) is 6.52. The number of rotatable bonds is 18. The first kappa shape index (κ1) is 35.2. The molecule has 1 fully saturated rings. The molecule has 3 N–H and O–H groups in total. The first-order valence-corrected chi connectivity index (χ1v) is 15.7. The number of nitrogens with zero attached hydrogens (tertiary/aromatic N) is 2. The highest BCUT2D eigenvalue weighted by Gasteiger charge is 2.42. The van der Waals surface area contributed by atoms with E-state index in [2.05, 4.69) is 27.7 Å². The number of methoxy groups -OCH3 is 2. The maximum Gasteiger partial charge on any atom is 0.225 e. The second-order valence-corrected chi connectivity index (χ2v) is 12.0. The van der Waals surface area contributed by atoms with Crippen LogP contribution in [0.25, 0.3) is 0 Å². The lowest BCUT2D eigenvalue weighted by Gasteiger charge is -2.40. The van der Waals surface area contributed by atoms with E-state index in [0.717, 1.165) is 44.1 Å². The molecule has 41 heavy (non-hydrogen) atoms. The Bertz CT molecular complexity index is 900. The van der Waals surface area contributed by atoms with Gasteiger partial charge < -0.3 is 30.1 Å². The summed E-state index contributed by atoms with van der Waals surface area (Å²) in [6.07, 6.45) is 4.76. The van der Waals surface area contributed by atoms with E-state index in [1.165, 1.54) is 0 Å². The number of benzene rings is 1. The molecular weight excluding hydrogens is 518 g/mol. The Kier molecular flexibility index (Phi) is 15.3. The Balaban J connectivity index is 2.16. The highest BCUT2D eigenvalue weighted by molar-refractivity contribution is 5.78. The minimum Gasteiger partial charge on any atom is -0.388 e. The fraction of sp³-hybridized carbons (Fsp3) is 0.758. The summed E-state index contributed by atoms with van der Waals surface area (Å²) >= 11 is 0. The number of hydrogen-bond acceptors (Lipinski definition) is 6. The van der Waals surface area contributed by atoms with Crippen molar-refractivity contribution in [3.8, 4) is 0 Å². The van der Waals surface area contributed by atoms with Gasteiger partial charge in [-0.15, -0.1) is 0 Å². The molecule has 0 aromatic heterocycles. The Morgan fingerprint density at radius 3 is 2.34 bits per heavy atom. The average molecular weight is 576 g/mol. The van der Waals surface area contributed by atoms with Crippen LogP contribution in [0.15, 0.2) is 30.3 Å². The molecule has 1 saturated heterocycles. The van der Waals surface area contributed by atoms with E-state index in [0.29, 0.717) is 19.5 Å². The van der Waals surface area contributed by atoms with Crippen molar-refractivity contribution in [1.29, 1.82) is 0 Å². The summed E-state index contributed by atoms with van der Waals surface area (Å²) < 4.78 is 12.0. The number of likely N-dealkylation sites (N-methyl/N-ethyl adjacent to an activating group) is 1. The van der Waals surface area contributed by atoms with Gasteiger partial charge in [-0.25, -0.2) is 0 Å². The zero-order valence-corrected chi connectivity index (χ0v) is 26.6. The zero-order valence-electron chi connectivity index (χ0n) is 26.6. The van der Waals surface area contributed by atoms with Gasteiger partial charge in [0.1, 0.15) is 0 Å². The van der Waals surface area contributed by atoms with E-state index >= 15 is 0 Å². The van der Waals surface area contributed by atoms with Crippen LogP contribution in [0.1, 0.15) is 90.7 Å². The summed E-state index contributed by atoms with van der Waals surface area (Å²) in [7, 11) is 5.19. The third-order valence-electron chi connectivity index (χ3n) is 9.48. The van der Waals surface area contributed by atoms with Gasteiger partial charge in [-0.2, -0.15) is 0 Å². The van der Waals surface area contributed by atoms with E-state index < -0.39 is 12.2 Å². The Labute approximate surface area is 248 Å². The summed E-state index contributed by atoms with van der Waals surface area (Å²) in [5.74, 6) is 0.239. The number of nitrogens with two attached hydrogens (primary N) is 1.